The van der Waals surface area contributed by atoms with Crippen molar-refractivity contribution in [2.24, 2.45) is 0 Å². The van der Waals surface area contributed by atoms with E-state index >= 15 is 0 Å². The van der Waals surface area contributed by atoms with Gasteiger partial charge in [0.25, 0.3) is 0 Å². The van der Waals surface area contributed by atoms with Gasteiger partial charge < -0.3 is 9.47 Å². The number of nitriles is 1. The zero-order chi connectivity index (χ0) is 12.7. The van der Waals surface area contributed by atoms with Gasteiger partial charge in [0.2, 0.25) is 0 Å². The lowest BCUT2D eigenvalue weighted by Gasteiger charge is -2.06. The molecule has 1 aromatic rings. The van der Waals surface area contributed by atoms with E-state index in [2.05, 4.69) is 10.8 Å². The summed E-state index contributed by atoms with van der Waals surface area (Å²) in [5.74, 6) is 1.31. The molecule has 0 aliphatic rings. The number of rotatable bonds is 5. The van der Waals surface area contributed by atoms with E-state index < -0.39 is 0 Å². The number of carbonyl (C=O) groups is 1. The molecule has 0 unspecified atom stereocenters. The Bertz CT molecular complexity index is 440. The molecule has 17 heavy (non-hydrogen) atoms. The molecule has 0 N–H and O–H groups in total. The fourth-order valence-electron chi connectivity index (χ4n) is 1.23. The van der Waals surface area contributed by atoms with Crippen molar-refractivity contribution in [3.05, 3.63) is 29.3 Å². The molecule has 0 heterocycles. The standard InChI is InChI=1S/C12H13NO3S/c1-15-11-5-9(3-4-10(11)6-13)7-17-8-12(14)16-2/h3-5H,7-8H2,1-2H3. The zero-order valence-electron chi connectivity index (χ0n) is 9.73. The smallest absolute Gasteiger partial charge is 0.315 e. The number of benzene rings is 1. The molecule has 1 rings (SSSR count). The summed E-state index contributed by atoms with van der Waals surface area (Å²) >= 11 is 1.46. The van der Waals surface area contributed by atoms with Gasteiger partial charge >= 0.3 is 5.97 Å². The number of hydrogen-bond acceptors (Lipinski definition) is 5. The van der Waals surface area contributed by atoms with Crippen molar-refractivity contribution >= 4 is 17.7 Å². The zero-order valence-corrected chi connectivity index (χ0v) is 10.5. The van der Waals surface area contributed by atoms with E-state index in [0.717, 1.165) is 5.56 Å². The van der Waals surface area contributed by atoms with Crippen molar-refractivity contribution < 1.29 is 14.3 Å². The van der Waals surface area contributed by atoms with Crippen LogP contribution in [0.4, 0.5) is 0 Å². The van der Waals surface area contributed by atoms with Crippen molar-refractivity contribution in [3.8, 4) is 11.8 Å². The number of esters is 1. The number of ether oxygens (including phenoxy) is 2. The van der Waals surface area contributed by atoms with E-state index in [9.17, 15) is 4.79 Å². The Balaban J connectivity index is 2.61. The summed E-state index contributed by atoms with van der Waals surface area (Å²) < 4.78 is 9.64. The fourth-order valence-corrected chi connectivity index (χ4v) is 2.03. The van der Waals surface area contributed by atoms with Crippen LogP contribution < -0.4 is 4.74 Å². The van der Waals surface area contributed by atoms with Crippen LogP contribution in [0.25, 0.3) is 0 Å². The summed E-state index contributed by atoms with van der Waals surface area (Å²) in [6.45, 7) is 0. The number of hydrogen-bond donors (Lipinski definition) is 0. The van der Waals surface area contributed by atoms with Gasteiger partial charge in [0.15, 0.2) is 0 Å². The van der Waals surface area contributed by atoms with Crippen LogP contribution in [-0.4, -0.2) is 25.9 Å². The monoisotopic (exact) mass is 251 g/mol. The van der Waals surface area contributed by atoms with Crippen LogP contribution in [0.5, 0.6) is 5.75 Å². The number of methoxy groups -OCH3 is 2. The van der Waals surface area contributed by atoms with E-state index in [1.807, 2.05) is 12.1 Å². The average molecular weight is 251 g/mol. The Hall–Kier alpha value is -1.67. The maximum absolute atomic E-state index is 10.9. The maximum Gasteiger partial charge on any atom is 0.315 e. The lowest BCUT2D eigenvalue weighted by Crippen LogP contribution is -2.03. The van der Waals surface area contributed by atoms with Crippen LogP contribution >= 0.6 is 11.8 Å². The molecule has 0 amide bonds. The average Bonchev–Trinajstić information content (AvgIpc) is 2.38. The van der Waals surface area contributed by atoms with Crippen LogP contribution in [0.3, 0.4) is 0 Å². The molecular formula is C12H13NO3S. The summed E-state index contributed by atoms with van der Waals surface area (Å²) in [7, 11) is 2.90. The number of carbonyl (C=O) groups excluding carboxylic acids is 1. The quantitative estimate of drug-likeness (QED) is 0.749. The molecule has 0 atom stereocenters. The molecule has 0 saturated heterocycles. The highest BCUT2D eigenvalue weighted by Gasteiger charge is 2.05. The Morgan fingerprint density at radius 3 is 2.82 bits per heavy atom. The molecular weight excluding hydrogens is 238 g/mol. The van der Waals surface area contributed by atoms with Gasteiger partial charge in [-0.25, -0.2) is 0 Å². The van der Waals surface area contributed by atoms with Crippen LogP contribution in [0.1, 0.15) is 11.1 Å². The molecule has 0 spiro atoms. The summed E-state index contributed by atoms with van der Waals surface area (Å²) in [6, 6.07) is 7.43. The van der Waals surface area contributed by atoms with Gasteiger partial charge in [-0.2, -0.15) is 5.26 Å². The molecule has 0 radical (unpaired) electrons. The number of nitrogens with zero attached hydrogens (tertiary/aromatic N) is 1. The summed E-state index contributed by atoms with van der Waals surface area (Å²) in [4.78, 5) is 10.9. The van der Waals surface area contributed by atoms with E-state index in [0.29, 0.717) is 22.8 Å². The van der Waals surface area contributed by atoms with Crippen molar-refractivity contribution in [2.75, 3.05) is 20.0 Å². The minimum atomic E-state index is -0.240. The molecule has 0 bridgehead atoms. The third-order valence-electron chi connectivity index (χ3n) is 2.10. The highest BCUT2D eigenvalue weighted by molar-refractivity contribution is 7.99. The molecule has 1 aromatic carbocycles. The van der Waals surface area contributed by atoms with Crippen molar-refractivity contribution in [1.82, 2.24) is 0 Å². The number of thioether (sulfide) groups is 1. The minimum Gasteiger partial charge on any atom is -0.495 e. The van der Waals surface area contributed by atoms with Crippen LogP contribution in [0, 0.1) is 11.3 Å². The minimum absolute atomic E-state index is 0.240. The molecule has 0 saturated carbocycles. The Morgan fingerprint density at radius 2 is 2.24 bits per heavy atom. The van der Waals surface area contributed by atoms with Gasteiger partial charge in [0, 0.05) is 5.75 Å². The molecule has 90 valence electrons. The van der Waals surface area contributed by atoms with Crippen molar-refractivity contribution in [3.63, 3.8) is 0 Å². The Labute approximate surface area is 105 Å². The second-order valence-electron chi connectivity index (χ2n) is 3.22. The highest BCUT2D eigenvalue weighted by Crippen LogP contribution is 2.22. The third kappa shape index (κ3) is 4.00. The summed E-state index contributed by atoms with van der Waals surface area (Å²) in [5.41, 5.74) is 1.52. The lowest BCUT2D eigenvalue weighted by molar-refractivity contribution is -0.137. The molecule has 4 nitrogen and oxygen atoms in total. The van der Waals surface area contributed by atoms with E-state index in [1.165, 1.54) is 26.0 Å². The van der Waals surface area contributed by atoms with Gasteiger partial charge in [0.05, 0.1) is 25.5 Å². The molecule has 0 aliphatic carbocycles. The van der Waals surface area contributed by atoms with Crippen LogP contribution in [-0.2, 0) is 15.3 Å². The first kappa shape index (κ1) is 13.4. The molecule has 5 heteroatoms. The van der Waals surface area contributed by atoms with E-state index in [1.54, 1.807) is 6.07 Å². The highest BCUT2D eigenvalue weighted by atomic mass is 32.2. The SMILES string of the molecule is COC(=O)CSCc1ccc(C#N)c(OC)c1. The van der Waals surface area contributed by atoms with Gasteiger partial charge in [0.1, 0.15) is 11.8 Å². The second-order valence-corrected chi connectivity index (χ2v) is 4.20. The molecule has 0 fully saturated rings. The van der Waals surface area contributed by atoms with Crippen molar-refractivity contribution in [1.29, 1.82) is 5.26 Å². The summed E-state index contributed by atoms with van der Waals surface area (Å²) in [6.07, 6.45) is 0. The predicted octanol–water partition coefficient (Wildman–Crippen LogP) is 1.97. The predicted molar refractivity (Wildman–Crippen MR) is 65.9 cm³/mol. The normalized spacial score (nSPS) is 9.47. The van der Waals surface area contributed by atoms with Crippen molar-refractivity contribution in [2.45, 2.75) is 5.75 Å². The maximum atomic E-state index is 10.9. The molecule has 0 aliphatic heterocycles. The van der Waals surface area contributed by atoms with Crippen LogP contribution in [0.2, 0.25) is 0 Å². The Kier molecular flexibility index (Phi) is 5.37. The summed E-state index contributed by atoms with van der Waals surface area (Å²) in [5, 5.41) is 8.82. The van der Waals surface area contributed by atoms with Gasteiger partial charge in [-0.3, -0.25) is 4.79 Å². The first-order valence-corrected chi connectivity index (χ1v) is 6.08. The topological polar surface area (TPSA) is 59.3 Å². The second kappa shape index (κ2) is 6.81. The van der Waals surface area contributed by atoms with Gasteiger partial charge in [-0.05, 0) is 17.7 Å². The lowest BCUT2D eigenvalue weighted by atomic mass is 10.1. The van der Waals surface area contributed by atoms with E-state index in [-0.39, 0.29) is 5.97 Å². The largest absolute Gasteiger partial charge is 0.495 e. The van der Waals surface area contributed by atoms with Gasteiger partial charge in [-0.15, -0.1) is 11.8 Å². The molecule has 0 aromatic heterocycles. The first-order valence-electron chi connectivity index (χ1n) is 4.92. The third-order valence-corrected chi connectivity index (χ3v) is 3.08. The fraction of sp³-hybridized carbons (Fsp3) is 0.333. The van der Waals surface area contributed by atoms with Crippen LogP contribution in [0.15, 0.2) is 18.2 Å². The van der Waals surface area contributed by atoms with E-state index in [4.69, 9.17) is 10.00 Å². The van der Waals surface area contributed by atoms with Gasteiger partial charge in [-0.1, -0.05) is 6.07 Å². The Morgan fingerprint density at radius 1 is 1.47 bits per heavy atom. The first-order chi connectivity index (χ1) is 8.21.